The van der Waals surface area contributed by atoms with Crippen LogP contribution in [0.4, 0.5) is 0 Å². The number of carbonyl (C=O) groups excluding carboxylic acids is 2. The van der Waals surface area contributed by atoms with E-state index in [2.05, 4.69) is 38.1 Å². The molecule has 49 heavy (non-hydrogen) atoms. The number of aromatic nitrogens is 2. The molecule has 0 aliphatic heterocycles. The Bertz CT molecular complexity index is 1630. The van der Waals surface area contributed by atoms with E-state index in [-0.39, 0.29) is 11.6 Å². The van der Waals surface area contributed by atoms with E-state index in [4.69, 9.17) is 9.97 Å². The van der Waals surface area contributed by atoms with Crippen LogP contribution >= 0.6 is 11.3 Å². The lowest BCUT2D eigenvalue weighted by molar-refractivity contribution is 0.103. The van der Waals surface area contributed by atoms with Crippen LogP contribution in [-0.4, -0.2) is 21.5 Å². The number of rotatable bonds is 22. The lowest BCUT2D eigenvalue weighted by Gasteiger charge is -2.20. The van der Waals surface area contributed by atoms with E-state index in [9.17, 15) is 9.59 Å². The molecule has 0 atom stereocenters. The van der Waals surface area contributed by atoms with Crippen LogP contribution in [0.5, 0.6) is 0 Å². The highest BCUT2D eigenvalue weighted by atomic mass is 32.1. The van der Waals surface area contributed by atoms with E-state index in [0.29, 0.717) is 20.9 Å². The van der Waals surface area contributed by atoms with Crippen LogP contribution in [-0.2, 0) is 12.8 Å². The van der Waals surface area contributed by atoms with Crippen LogP contribution in [0.25, 0.3) is 33.3 Å². The first-order chi connectivity index (χ1) is 24.1. The normalized spacial score (nSPS) is 12.9. The average molecular weight is 677 g/mol. The zero-order chi connectivity index (χ0) is 34.0. The standard InChI is InChI=1S/C44H56N2O2S/c1-3-5-7-9-11-13-15-17-19-21-23-31-27-35-39(45-29-31)33-25-26-34-38-37(33)43(41(35)47)49-44(38)42(48)36-28-32(30-46-40(34)36)24-22-20-18-16-14-12-10-8-6-4-2/h25-30H,3-24H2,1-2H3. The van der Waals surface area contributed by atoms with Crippen LogP contribution < -0.4 is 0 Å². The molecule has 5 heteroatoms. The van der Waals surface area contributed by atoms with E-state index in [0.717, 1.165) is 70.1 Å². The molecule has 4 aromatic rings. The Hall–Kier alpha value is -3.18. The Labute approximate surface area is 298 Å². The molecule has 1 aromatic carbocycles. The van der Waals surface area contributed by atoms with Crippen molar-refractivity contribution in [3.05, 3.63) is 68.7 Å². The van der Waals surface area contributed by atoms with Crippen molar-refractivity contribution in [2.24, 2.45) is 0 Å². The van der Waals surface area contributed by atoms with E-state index < -0.39 is 0 Å². The Morgan fingerprint density at radius 1 is 0.469 bits per heavy atom. The second-order valence-corrected chi connectivity index (χ2v) is 15.7. The molecule has 0 unspecified atom stereocenters. The quantitative estimate of drug-likeness (QED) is 0.0671. The molecule has 0 amide bonds. The lowest BCUT2D eigenvalue weighted by atomic mass is 9.83. The summed E-state index contributed by atoms with van der Waals surface area (Å²) in [6.07, 6.45) is 32.0. The first-order valence-corrected chi connectivity index (χ1v) is 20.6. The molecule has 2 aliphatic carbocycles. The van der Waals surface area contributed by atoms with Crippen molar-refractivity contribution in [1.29, 1.82) is 0 Å². The summed E-state index contributed by atoms with van der Waals surface area (Å²) in [4.78, 5) is 39.1. The van der Waals surface area contributed by atoms with Gasteiger partial charge in [-0.05, 0) is 48.9 Å². The van der Waals surface area contributed by atoms with Crippen molar-refractivity contribution >= 4 is 33.7 Å². The Morgan fingerprint density at radius 3 is 1.18 bits per heavy atom. The lowest BCUT2D eigenvalue weighted by Crippen LogP contribution is -2.11. The number of carbonyl (C=O) groups is 2. The van der Waals surface area contributed by atoms with Gasteiger partial charge < -0.3 is 0 Å². The van der Waals surface area contributed by atoms with Gasteiger partial charge in [-0.25, -0.2) is 0 Å². The van der Waals surface area contributed by atoms with Gasteiger partial charge in [0.25, 0.3) is 0 Å². The maximum absolute atomic E-state index is 14.0. The number of hydrogen-bond donors (Lipinski definition) is 0. The highest BCUT2D eigenvalue weighted by Gasteiger charge is 2.36. The summed E-state index contributed by atoms with van der Waals surface area (Å²) in [7, 11) is 0. The van der Waals surface area contributed by atoms with Gasteiger partial charge in [0.15, 0.2) is 0 Å². The van der Waals surface area contributed by atoms with E-state index in [1.165, 1.54) is 127 Å². The molecule has 260 valence electrons. The monoisotopic (exact) mass is 676 g/mol. The minimum absolute atomic E-state index is 0.00619. The van der Waals surface area contributed by atoms with Crippen molar-refractivity contribution in [3.8, 4) is 22.5 Å². The van der Waals surface area contributed by atoms with Crippen LogP contribution in [0.3, 0.4) is 0 Å². The number of aryl methyl sites for hydroxylation is 2. The van der Waals surface area contributed by atoms with Gasteiger partial charge in [-0.1, -0.05) is 142 Å². The topological polar surface area (TPSA) is 59.9 Å². The van der Waals surface area contributed by atoms with Crippen LogP contribution in [0.2, 0.25) is 0 Å². The molecule has 0 bridgehead atoms. The van der Waals surface area contributed by atoms with Crippen LogP contribution in [0, 0.1) is 0 Å². The largest absolute Gasteiger partial charge is 0.288 e. The second kappa shape index (κ2) is 17.7. The van der Waals surface area contributed by atoms with Crippen molar-refractivity contribution in [2.45, 2.75) is 155 Å². The van der Waals surface area contributed by atoms with Gasteiger partial charge in [0.2, 0.25) is 11.6 Å². The molecular weight excluding hydrogens is 621 g/mol. The summed E-state index contributed by atoms with van der Waals surface area (Å²) in [5, 5.41) is 1.78. The molecule has 0 fully saturated rings. The van der Waals surface area contributed by atoms with Gasteiger partial charge in [-0.15, -0.1) is 11.3 Å². The van der Waals surface area contributed by atoms with E-state index in [1.54, 1.807) is 0 Å². The number of thiophene rings is 1. The third-order valence-electron chi connectivity index (χ3n) is 10.8. The molecule has 0 spiro atoms. The Balaban J connectivity index is 1.07. The number of ketones is 2. The predicted molar refractivity (Wildman–Crippen MR) is 206 cm³/mol. The summed E-state index contributed by atoms with van der Waals surface area (Å²) in [6, 6.07) is 8.32. The average Bonchev–Trinajstić information content (AvgIpc) is 3.53. The summed E-state index contributed by atoms with van der Waals surface area (Å²) < 4.78 is 0. The van der Waals surface area contributed by atoms with Gasteiger partial charge >= 0.3 is 0 Å². The minimum atomic E-state index is 0.00619. The Kier molecular flexibility index (Phi) is 12.8. The van der Waals surface area contributed by atoms with Gasteiger partial charge in [0.05, 0.1) is 32.3 Å². The van der Waals surface area contributed by atoms with Crippen molar-refractivity contribution in [3.63, 3.8) is 0 Å². The van der Waals surface area contributed by atoms with Gasteiger partial charge in [0, 0.05) is 34.3 Å². The molecule has 0 saturated heterocycles. The highest BCUT2D eigenvalue weighted by Crippen LogP contribution is 2.50. The van der Waals surface area contributed by atoms with Crippen LogP contribution in [0.1, 0.15) is 184 Å². The second-order valence-electron chi connectivity index (χ2n) is 14.7. The third kappa shape index (κ3) is 8.25. The SMILES string of the molecule is CCCCCCCCCCCCc1cnc2c(c1)C(=O)c1sc3c4c(ccc-2c14)-c1ncc(CCCCCCCCCCCC)cc1C3=O. The number of hydrogen-bond acceptors (Lipinski definition) is 5. The maximum Gasteiger partial charge on any atom is 0.205 e. The van der Waals surface area contributed by atoms with E-state index in [1.807, 2.05) is 12.4 Å². The Morgan fingerprint density at radius 2 is 0.816 bits per heavy atom. The number of unbranched alkanes of at least 4 members (excludes halogenated alkanes) is 18. The molecule has 0 radical (unpaired) electrons. The molecule has 2 aliphatic rings. The fraction of sp³-hybridized carbons (Fsp3) is 0.545. The smallest absolute Gasteiger partial charge is 0.205 e. The molecule has 3 aromatic heterocycles. The fourth-order valence-corrected chi connectivity index (χ4v) is 9.17. The van der Waals surface area contributed by atoms with Crippen LogP contribution in [0.15, 0.2) is 36.7 Å². The fourth-order valence-electron chi connectivity index (χ4n) is 7.94. The zero-order valence-corrected chi connectivity index (χ0v) is 31.0. The number of pyridine rings is 2. The summed E-state index contributed by atoms with van der Waals surface area (Å²) in [6.45, 7) is 4.54. The summed E-state index contributed by atoms with van der Waals surface area (Å²) in [5.74, 6) is 0.0124. The van der Waals surface area contributed by atoms with Crippen molar-refractivity contribution < 1.29 is 9.59 Å². The first-order valence-electron chi connectivity index (χ1n) is 19.8. The molecular formula is C44H56N2O2S. The molecule has 3 heterocycles. The molecule has 6 rings (SSSR count). The van der Waals surface area contributed by atoms with Crippen molar-refractivity contribution in [2.75, 3.05) is 0 Å². The summed E-state index contributed by atoms with van der Waals surface area (Å²) >= 11 is 1.37. The van der Waals surface area contributed by atoms with Crippen molar-refractivity contribution in [1.82, 2.24) is 9.97 Å². The summed E-state index contributed by atoms with van der Waals surface area (Å²) in [5.41, 5.74) is 7.05. The third-order valence-corrected chi connectivity index (χ3v) is 12.0. The molecule has 0 saturated carbocycles. The van der Waals surface area contributed by atoms with E-state index >= 15 is 0 Å². The predicted octanol–water partition coefficient (Wildman–Crippen LogP) is 13.0. The zero-order valence-electron chi connectivity index (χ0n) is 30.1. The molecule has 4 nitrogen and oxygen atoms in total. The number of benzene rings is 1. The number of fused-ring (bicyclic) bond motifs is 4. The first kappa shape index (κ1) is 35.6. The van der Waals surface area contributed by atoms with Gasteiger partial charge in [-0.2, -0.15) is 0 Å². The maximum atomic E-state index is 14.0. The minimum Gasteiger partial charge on any atom is -0.288 e. The van der Waals surface area contributed by atoms with Gasteiger partial charge in [0.1, 0.15) is 0 Å². The highest BCUT2D eigenvalue weighted by molar-refractivity contribution is 7.18. The molecule has 0 N–H and O–H groups in total. The van der Waals surface area contributed by atoms with Gasteiger partial charge in [-0.3, -0.25) is 19.6 Å². The number of nitrogens with zero attached hydrogens (tertiary/aromatic N) is 2.